The summed E-state index contributed by atoms with van der Waals surface area (Å²) in [5.74, 6) is -1.40. The SMILES string of the molecule is CC1(C(=O)O)N=C2C=CNC(=O)N2C(C)(O)C1O. The van der Waals surface area contributed by atoms with E-state index in [-0.39, 0.29) is 5.84 Å². The van der Waals surface area contributed by atoms with E-state index in [1.54, 1.807) is 0 Å². The van der Waals surface area contributed by atoms with Gasteiger partial charge in [-0.05, 0) is 19.9 Å². The Hall–Kier alpha value is -1.93. The van der Waals surface area contributed by atoms with Crippen LogP contribution in [-0.2, 0) is 4.79 Å². The predicted molar refractivity (Wildman–Crippen MR) is 59.6 cm³/mol. The first-order valence-corrected chi connectivity index (χ1v) is 5.22. The number of fused-ring (bicyclic) bond motifs is 1. The fourth-order valence-electron chi connectivity index (χ4n) is 2.07. The predicted octanol–water partition coefficient (Wildman–Crippen LogP) is -1.15. The zero-order valence-electron chi connectivity index (χ0n) is 9.78. The van der Waals surface area contributed by atoms with Crippen molar-refractivity contribution >= 4 is 17.8 Å². The maximum absolute atomic E-state index is 11.6. The molecule has 0 fully saturated rings. The van der Waals surface area contributed by atoms with E-state index < -0.39 is 29.4 Å². The summed E-state index contributed by atoms with van der Waals surface area (Å²) in [5.41, 5.74) is -3.99. The zero-order chi connectivity index (χ0) is 13.7. The van der Waals surface area contributed by atoms with Gasteiger partial charge in [0.05, 0.1) is 0 Å². The Morgan fingerprint density at radius 1 is 1.56 bits per heavy atom. The number of rotatable bonds is 1. The van der Waals surface area contributed by atoms with Gasteiger partial charge in [0.1, 0.15) is 11.9 Å². The van der Waals surface area contributed by atoms with Gasteiger partial charge in [0.15, 0.2) is 11.3 Å². The number of hydrogen-bond acceptors (Lipinski definition) is 5. The molecule has 3 atom stereocenters. The number of aliphatic hydroxyl groups is 2. The molecule has 0 saturated carbocycles. The summed E-state index contributed by atoms with van der Waals surface area (Å²) in [6, 6.07) is -0.687. The highest BCUT2D eigenvalue weighted by Crippen LogP contribution is 2.34. The minimum Gasteiger partial charge on any atom is -0.479 e. The van der Waals surface area contributed by atoms with Gasteiger partial charge in [-0.25, -0.2) is 19.5 Å². The molecule has 0 bridgehead atoms. The lowest BCUT2D eigenvalue weighted by Gasteiger charge is -2.48. The Balaban J connectivity index is 2.64. The van der Waals surface area contributed by atoms with Crippen LogP contribution < -0.4 is 5.32 Å². The number of amidine groups is 1. The van der Waals surface area contributed by atoms with Crippen LogP contribution in [0.25, 0.3) is 0 Å². The van der Waals surface area contributed by atoms with Crippen LogP contribution in [0, 0.1) is 0 Å². The lowest BCUT2D eigenvalue weighted by atomic mass is 9.85. The minimum atomic E-state index is -2.07. The van der Waals surface area contributed by atoms with Crippen LogP contribution in [0.15, 0.2) is 17.3 Å². The molecule has 2 rings (SSSR count). The van der Waals surface area contributed by atoms with Crippen LogP contribution in [0.5, 0.6) is 0 Å². The number of aliphatic hydroxyl groups excluding tert-OH is 1. The third kappa shape index (κ3) is 1.42. The van der Waals surface area contributed by atoms with Crippen molar-refractivity contribution in [3.8, 4) is 0 Å². The summed E-state index contributed by atoms with van der Waals surface area (Å²) < 4.78 is 0. The third-order valence-corrected chi connectivity index (χ3v) is 3.15. The molecule has 2 aliphatic heterocycles. The Bertz CT molecular complexity index is 484. The van der Waals surface area contributed by atoms with E-state index in [1.165, 1.54) is 19.2 Å². The van der Waals surface area contributed by atoms with Gasteiger partial charge in [0.2, 0.25) is 0 Å². The van der Waals surface area contributed by atoms with E-state index in [9.17, 15) is 19.8 Å². The fraction of sp³-hybridized carbons (Fsp3) is 0.500. The molecule has 2 amide bonds. The number of carbonyl (C=O) groups excluding carboxylic acids is 1. The zero-order valence-corrected chi connectivity index (χ0v) is 9.78. The number of nitrogens with one attached hydrogen (secondary N) is 1. The number of aliphatic carboxylic acids is 1. The number of carboxylic acids is 1. The van der Waals surface area contributed by atoms with Gasteiger partial charge in [-0.15, -0.1) is 0 Å². The molecule has 98 valence electrons. The smallest absolute Gasteiger partial charge is 0.334 e. The van der Waals surface area contributed by atoms with E-state index in [2.05, 4.69) is 10.3 Å². The summed E-state index contributed by atoms with van der Waals surface area (Å²) in [4.78, 5) is 27.5. The van der Waals surface area contributed by atoms with Crippen LogP contribution in [0.3, 0.4) is 0 Å². The van der Waals surface area contributed by atoms with Crippen molar-refractivity contribution in [1.29, 1.82) is 0 Å². The molecule has 0 aromatic heterocycles. The normalized spacial score (nSPS) is 38.9. The van der Waals surface area contributed by atoms with Crippen molar-refractivity contribution in [3.63, 3.8) is 0 Å². The van der Waals surface area contributed by atoms with Gasteiger partial charge >= 0.3 is 12.0 Å². The first kappa shape index (κ1) is 12.5. The van der Waals surface area contributed by atoms with Gasteiger partial charge < -0.3 is 20.6 Å². The summed E-state index contributed by atoms with van der Waals surface area (Å²) in [5, 5.41) is 31.7. The van der Waals surface area contributed by atoms with Crippen LogP contribution >= 0.6 is 0 Å². The molecule has 8 heteroatoms. The number of urea groups is 1. The molecule has 0 spiro atoms. The highest BCUT2D eigenvalue weighted by Gasteiger charge is 2.58. The van der Waals surface area contributed by atoms with Gasteiger partial charge in [0.25, 0.3) is 0 Å². The molecule has 0 aliphatic carbocycles. The van der Waals surface area contributed by atoms with Crippen LogP contribution in [0.1, 0.15) is 13.8 Å². The quantitative estimate of drug-likeness (QED) is 0.471. The average Bonchev–Trinajstić information content (AvgIpc) is 2.25. The molecule has 0 aromatic carbocycles. The highest BCUT2D eigenvalue weighted by atomic mass is 16.4. The molecule has 3 unspecified atom stereocenters. The Kier molecular flexibility index (Phi) is 2.46. The van der Waals surface area contributed by atoms with Crippen molar-refractivity contribution in [3.05, 3.63) is 12.3 Å². The molecule has 4 N–H and O–H groups in total. The van der Waals surface area contributed by atoms with Crippen molar-refractivity contribution < 1.29 is 24.9 Å². The number of hydrogen-bond donors (Lipinski definition) is 4. The van der Waals surface area contributed by atoms with Crippen LogP contribution in [0.4, 0.5) is 4.79 Å². The topological polar surface area (TPSA) is 122 Å². The monoisotopic (exact) mass is 255 g/mol. The first-order chi connectivity index (χ1) is 8.21. The van der Waals surface area contributed by atoms with E-state index in [4.69, 9.17) is 5.11 Å². The molecule has 2 heterocycles. The maximum Gasteiger partial charge on any atom is 0.334 e. The molecule has 0 radical (unpaired) electrons. The second-order valence-corrected chi connectivity index (χ2v) is 4.54. The molecule has 2 aliphatic rings. The maximum atomic E-state index is 11.6. The standard InChI is InChI=1S/C10H13N3O5/c1-9(7(15)16)6(14)10(2,18)13-5(12-9)3-4-11-8(13)17/h3-4,6,14,18H,1-2H3,(H,11,17)(H,15,16). The largest absolute Gasteiger partial charge is 0.479 e. The van der Waals surface area contributed by atoms with E-state index >= 15 is 0 Å². The van der Waals surface area contributed by atoms with Gasteiger partial charge in [-0.1, -0.05) is 0 Å². The average molecular weight is 255 g/mol. The molecule has 0 saturated heterocycles. The van der Waals surface area contributed by atoms with Crippen molar-refractivity contribution in [2.45, 2.75) is 31.2 Å². The van der Waals surface area contributed by atoms with E-state index in [0.29, 0.717) is 0 Å². The Morgan fingerprint density at radius 3 is 2.72 bits per heavy atom. The fourth-order valence-corrected chi connectivity index (χ4v) is 2.07. The number of carbonyl (C=O) groups is 2. The number of carboxylic acid groups (broad SMARTS) is 1. The van der Waals surface area contributed by atoms with E-state index in [1.807, 2.05) is 0 Å². The minimum absolute atomic E-state index is 0.0149. The molecule has 0 aromatic rings. The summed E-state index contributed by atoms with van der Waals surface area (Å²) in [6.07, 6.45) is 0.875. The number of nitrogens with zero attached hydrogens (tertiary/aromatic N) is 2. The van der Waals surface area contributed by atoms with Crippen molar-refractivity contribution in [1.82, 2.24) is 10.2 Å². The van der Waals surface area contributed by atoms with Gasteiger partial charge in [-0.3, -0.25) is 0 Å². The second kappa shape index (κ2) is 3.53. The first-order valence-electron chi connectivity index (χ1n) is 5.22. The lowest BCUT2D eigenvalue weighted by Crippen LogP contribution is -2.71. The van der Waals surface area contributed by atoms with Crippen molar-refractivity contribution in [2.75, 3.05) is 0 Å². The third-order valence-electron chi connectivity index (χ3n) is 3.15. The Morgan fingerprint density at radius 2 is 2.17 bits per heavy atom. The number of amides is 2. The molecular formula is C10H13N3O5. The Labute approximate surface area is 102 Å². The van der Waals surface area contributed by atoms with Crippen LogP contribution in [0.2, 0.25) is 0 Å². The van der Waals surface area contributed by atoms with Gasteiger partial charge in [0, 0.05) is 6.20 Å². The summed E-state index contributed by atoms with van der Waals surface area (Å²) in [6.45, 7) is 2.34. The summed E-state index contributed by atoms with van der Waals surface area (Å²) in [7, 11) is 0. The lowest BCUT2D eigenvalue weighted by molar-refractivity contribution is -0.176. The highest BCUT2D eigenvalue weighted by molar-refractivity contribution is 6.08. The second-order valence-electron chi connectivity index (χ2n) is 4.54. The number of aliphatic imine (C=N–C) groups is 1. The van der Waals surface area contributed by atoms with Gasteiger partial charge in [-0.2, -0.15) is 0 Å². The van der Waals surface area contributed by atoms with Crippen LogP contribution in [-0.4, -0.2) is 55.4 Å². The molecule has 8 nitrogen and oxygen atoms in total. The molecular weight excluding hydrogens is 242 g/mol. The summed E-state index contributed by atoms with van der Waals surface area (Å²) >= 11 is 0. The van der Waals surface area contributed by atoms with E-state index in [0.717, 1.165) is 11.8 Å². The molecule has 18 heavy (non-hydrogen) atoms. The van der Waals surface area contributed by atoms with Crippen molar-refractivity contribution in [2.24, 2.45) is 4.99 Å².